The van der Waals surface area contributed by atoms with E-state index in [0.29, 0.717) is 6.04 Å². The van der Waals surface area contributed by atoms with Gasteiger partial charge in [-0.05, 0) is 40.9 Å². The van der Waals surface area contributed by atoms with E-state index in [1.165, 1.54) is 5.56 Å². The van der Waals surface area contributed by atoms with Crippen molar-refractivity contribution in [1.29, 1.82) is 0 Å². The third kappa shape index (κ3) is 3.27. The lowest BCUT2D eigenvalue weighted by Gasteiger charge is -2.17. The van der Waals surface area contributed by atoms with Crippen LogP contribution in [0.2, 0.25) is 0 Å². The maximum Gasteiger partial charge on any atom is 0.156 e. The van der Waals surface area contributed by atoms with Crippen LogP contribution in [0.3, 0.4) is 0 Å². The Morgan fingerprint density at radius 3 is 2.45 bits per heavy atom. The second-order valence-electron chi connectivity index (χ2n) is 4.89. The quantitative estimate of drug-likeness (QED) is 0.874. The van der Waals surface area contributed by atoms with Crippen molar-refractivity contribution in [3.8, 4) is 11.3 Å². The van der Waals surface area contributed by atoms with Gasteiger partial charge in [0.05, 0.1) is 0 Å². The SMILES string of the molecule is CCCNC(CC)c1ccc(-c2c(Br)nnn2C)cc1. The van der Waals surface area contributed by atoms with E-state index < -0.39 is 0 Å². The van der Waals surface area contributed by atoms with Crippen LogP contribution in [0.1, 0.15) is 38.3 Å². The fourth-order valence-electron chi connectivity index (χ4n) is 2.33. The average molecular weight is 337 g/mol. The van der Waals surface area contributed by atoms with E-state index in [2.05, 4.69) is 69.7 Å². The highest BCUT2D eigenvalue weighted by molar-refractivity contribution is 9.10. The standard InChI is InChI=1S/C15H21BrN4/c1-4-10-17-13(5-2)11-6-8-12(9-7-11)14-15(16)18-19-20(14)3/h6-9,13,17H,4-5,10H2,1-3H3. The molecule has 1 atom stereocenters. The lowest BCUT2D eigenvalue weighted by Crippen LogP contribution is -2.21. The molecule has 0 amide bonds. The first-order valence-corrected chi connectivity index (χ1v) is 7.85. The molecule has 2 aromatic rings. The Morgan fingerprint density at radius 2 is 1.95 bits per heavy atom. The van der Waals surface area contributed by atoms with Crippen molar-refractivity contribution in [3.63, 3.8) is 0 Å². The molecule has 4 nitrogen and oxygen atoms in total. The predicted molar refractivity (Wildman–Crippen MR) is 85.5 cm³/mol. The van der Waals surface area contributed by atoms with Crippen LogP contribution < -0.4 is 5.32 Å². The van der Waals surface area contributed by atoms with Gasteiger partial charge in [-0.3, -0.25) is 0 Å². The van der Waals surface area contributed by atoms with Gasteiger partial charge in [0, 0.05) is 18.7 Å². The highest BCUT2D eigenvalue weighted by atomic mass is 79.9. The third-order valence-electron chi connectivity index (χ3n) is 3.42. The van der Waals surface area contributed by atoms with Crippen molar-refractivity contribution in [2.24, 2.45) is 7.05 Å². The van der Waals surface area contributed by atoms with Gasteiger partial charge < -0.3 is 5.32 Å². The minimum absolute atomic E-state index is 0.428. The summed E-state index contributed by atoms with van der Waals surface area (Å²) < 4.78 is 2.56. The first kappa shape index (κ1) is 15.2. The van der Waals surface area contributed by atoms with Crippen LogP contribution in [0.4, 0.5) is 0 Å². The van der Waals surface area contributed by atoms with Gasteiger partial charge in [0.2, 0.25) is 0 Å². The van der Waals surface area contributed by atoms with Crippen molar-refractivity contribution in [2.75, 3.05) is 6.54 Å². The van der Waals surface area contributed by atoms with Gasteiger partial charge >= 0.3 is 0 Å². The molecule has 0 radical (unpaired) electrons. The number of hydrogen-bond acceptors (Lipinski definition) is 3. The molecule has 2 rings (SSSR count). The zero-order chi connectivity index (χ0) is 14.5. The van der Waals surface area contributed by atoms with Crippen molar-refractivity contribution in [2.45, 2.75) is 32.7 Å². The molecule has 1 aromatic carbocycles. The largest absolute Gasteiger partial charge is 0.310 e. The molecule has 0 fully saturated rings. The first-order chi connectivity index (χ1) is 9.67. The summed E-state index contributed by atoms with van der Waals surface area (Å²) in [5, 5.41) is 11.6. The van der Waals surface area contributed by atoms with Gasteiger partial charge in [-0.1, -0.05) is 43.3 Å². The maximum absolute atomic E-state index is 4.02. The van der Waals surface area contributed by atoms with Gasteiger partial charge in [0.1, 0.15) is 5.69 Å². The van der Waals surface area contributed by atoms with Crippen LogP contribution in [0.15, 0.2) is 28.9 Å². The second kappa shape index (κ2) is 6.99. The van der Waals surface area contributed by atoms with E-state index >= 15 is 0 Å². The summed E-state index contributed by atoms with van der Waals surface area (Å²) in [7, 11) is 1.90. The summed E-state index contributed by atoms with van der Waals surface area (Å²) in [5.74, 6) is 0. The monoisotopic (exact) mass is 336 g/mol. The highest BCUT2D eigenvalue weighted by Gasteiger charge is 2.12. The van der Waals surface area contributed by atoms with Gasteiger partial charge in [-0.2, -0.15) is 0 Å². The van der Waals surface area contributed by atoms with Crippen LogP contribution in [0.5, 0.6) is 0 Å². The van der Waals surface area contributed by atoms with Crippen molar-refractivity contribution in [3.05, 3.63) is 34.4 Å². The van der Waals surface area contributed by atoms with Crippen LogP contribution in [-0.2, 0) is 7.05 Å². The Balaban J connectivity index is 2.21. The lowest BCUT2D eigenvalue weighted by molar-refractivity contribution is 0.518. The van der Waals surface area contributed by atoms with Crippen LogP contribution in [0.25, 0.3) is 11.3 Å². The van der Waals surface area contributed by atoms with Crippen molar-refractivity contribution < 1.29 is 0 Å². The number of hydrogen-bond donors (Lipinski definition) is 1. The summed E-state index contributed by atoms with van der Waals surface area (Å²) in [6.45, 7) is 5.45. The molecule has 1 aromatic heterocycles. The van der Waals surface area contributed by atoms with Crippen molar-refractivity contribution >= 4 is 15.9 Å². The van der Waals surface area contributed by atoms with Crippen LogP contribution in [0, 0.1) is 0 Å². The Labute approximate surface area is 128 Å². The zero-order valence-corrected chi connectivity index (χ0v) is 13.8. The number of nitrogens with one attached hydrogen (secondary N) is 1. The molecular weight excluding hydrogens is 316 g/mol. The Kier molecular flexibility index (Phi) is 5.31. The summed E-state index contributed by atoms with van der Waals surface area (Å²) in [4.78, 5) is 0. The molecule has 0 aliphatic carbocycles. The number of nitrogens with zero attached hydrogens (tertiary/aromatic N) is 3. The zero-order valence-electron chi connectivity index (χ0n) is 12.2. The molecule has 1 heterocycles. The summed E-state index contributed by atoms with van der Waals surface area (Å²) in [6, 6.07) is 9.07. The van der Waals surface area contributed by atoms with Gasteiger partial charge in [-0.15, -0.1) is 5.10 Å². The van der Waals surface area contributed by atoms with Crippen LogP contribution >= 0.6 is 15.9 Å². The number of aromatic nitrogens is 3. The molecule has 108 valence electrons. The molecule has 1 N–H and O–H groups in total. The maximum atomic E-state index is 4.02. The molecule has 0 saturated heterocycles. The topological polar surface area (TPSA) is 42.7 Å². The number of rotatable bonds is 6. The molecule has 0 spiro atoms. The minimum atomic E-state index is 0.428. The van der Waals surface area contributed by atoms with E-state index in [0.717, 1.165) is 35.2 Å². The normalized spacial score (nSPS) is 12.6. The fourth-order valence-corrected chi connectivity index (χ4v) is 2.88. The number of aryl methyl sites for hydroxylation is 1. The molecule has 20 heavy (non-hydrogen) atoms. The molecule has 0 aliphatic heterocycles. The Hall–Kier alpha value is -1.20. The van der Waals surface area contributed by atoms with E-state index in [1.54, 1.807) is 4.68 Å². The highest BCUT2D eigenvalue weighted by Crippen LogP contribution is 2.27. The Bertz CT molecular complexity index is 528. The first-order valence-electron chi connectivity index (χ1n) is 7.06. The summed E-state index contributed by atoms with van der Waals surface area (Å²) >= 11 is 3.44. The number of halogens is 1. The molecule has 5 heteroatoms. The van der Waals surface area contributed by atoms with Crippen LogP contribution in [-0.4, -0.2) is 21.5 Å². The molecule has 1 unspecified atom stereocenters. The average Bonchev–Trinajstić information content (AvgIpc) is 2.80. The molecule has 0 bridgehead atoms. The van der Waals surface area contributed by atoms with E-state index in [4.69, 9.17) is 0 Å². The minimum Gasteiger partial charge on any atom is -0.310 e. The summed E-state index contributed by atoms with van der Waals surface area (Å²) in [5.41, 5.74) is 3.46. The van der Waals surface area contributed by atoms with Crippen molar-refractivity contribution in [1.82, 2.24) is 20.3 Å². The van der Waals surface area contributed by atoms with E-state index in [-0.39, 0.29) is 0 Å². The van der Waals surface area contributed by atoms with Gasteiger partial charge in [0.15, 0.2) is 4.60 Å². The van der Waals surface area contributed by atoms with E-state index in [9.17, 15) is 0 Å². The smallest absolute Gasteiger partial charge is 0.156 e. The molecule has 0 aliphatic rings. The fraction of sp³-hybridized carbons (Fsp3) is 0.467. The molecule has 0 saturated carbocycles. The predicted octanol–water partition coefficient (Wildman–Crippen LogP) is 3.70. The van der Waals surface area contributed by atoms with Gasteiger partial charge in [0.25, 0.3) is 0 Å². The van der Waals surface area contributed by atoms with Gasteiger partial charge in [-0.25, -0.2) is 4.68 Å². The Morgan fingerprint density at radius 1 is 1.25 bits per heavy atom. The lowest BCUT2D eigenvalue weighted by atomic mass is 10.0. The molecular formula is C15H21BrN4. The second-order valence-corrected chi connectivity index (χ2v) is 5.64. The number of benzene rings is 1. The van der Waals surface area contributed by atoms with E-state index in [1.807, 2.05) is 7.05 Å². The summed E-state index contributed by atoms with van der Waals surface area (Å²) in [6.07, 6.45) is 2.25. The third-order valence-corrected chi connectivity index (χ3v) is 3.96.